The molecule has 6 nitrogen and oxygen atoms in total. The monoisotopic (exact) mass is 339 g/mol. The second kappa shape index (κ2) is 6.68. The van der Waals surface area contributed by atoms with Crippen molar-refractivity contribution in [2.75, 3.05) is 19.5 Å². The minimum absolute atomic E-state index is 0.0725. The van der Waals surface area contributed by atoms with Gasteiger partial charge in [-0.1, -0.05) is 12.1 Å². The van der Waals surface area contributed by atoms with Crippen molar-refractivity contribution in [2.45, 2.75) is 6.92 Å². The summed E-state index contributed by atoms with van der Waals surface area (Å²) in [6, 6.07) is 11.5. The molecule has 0 aliphatic rings. The van der Waals surface area contributed by atoms with Crippen LogP contribution in [-0.2, 0) is 0 Å². The van der Waals surface area contributed by atoms with Gasteiger partial charge in [-0.05, 0) is 30.7 Å². The van der Waals surface area contributed by atoms with Crippen LogP contribution in [0.2, 0.25) is 0 Å². The van der Waals surface area contributed by atoms with Crippen LogP contribution in [0.15, 0.2) is 51.7 Å². The van der Waals surface area contributed by atoms with Gasteiger partial charge in [-0.15, -0.1) is 0 Å². The van der Waals surface area contributed by atoms with Crippen molar-refractivity contribution in [3.63, 3.8) is 0 Å². The smallest absolute Gasteiger partial charge is 0.291 e. The number of rotatable bonds is 4. The van der Waals surface area contributed by atoms with Crippen LogP contribution in [0.3, 0.4) is 0 Å². The molecule has 6 heteroatoms. The molecule has 3 rings (SSSR count). The quantitative estimate of drug-likeness (QED) is 0.788. The normalized spacial score (nSPS) is 10.5. The van der Waals surface area contributed by atoms with Crippen molar-refractivity contribution in [2.24, 2.45) is 0 Å². The largest absolute Gasteiger partial charge is 0.497 e. The number of methoxy groups -OCH3 is 2. The van der Waals surface area contributed by atoms with Gasteiger partial charge >= 0.3 is 0 Å². The van der Waals surface area contributed by atoms with Crippen LogP contribution in [0, 0.1) is 6.92 Å². The van der Waals surface area contributed by atoms with Crippen LogP contribution in [0.1, 0.15) is 16.1 Å². The van der Waals surface area contributed by atoms with Crippen molar-refractivity contribution < 1.29 is 18.7 Å². The lowest BCUT2D eigenvalue weighted by Crippen LogP contribution is -2.15. The zero-order valence-electron chi connectivity index (χ0n) is 14.1. The molecule has 3 aromatic rings. The molecule has 2 aromatic carbocycles. The average molecular weight is 339 g/mol. The van der Waals surface area contributed by atoms with E-state index in [1.165, 1.54) is 20.3 Å². The highest BCUT2D eigenvalue weighted by molar-refractivity contribution is 6.04. The fraction of sp³-hybridized carbons (Fsp3) is 0.158. The summed E-state index contributed by atoms with van der Waals surface area (Å²) in [5.41, 5.74) is 1.33. The van der Waals surface area contributed by atoms with Crippen molar-refractivity contribution in [3.8, 4) is 11.5 Å². The first-order chi connectivity index (χ1) is 12.0. The molecule has 1 amide bonds. The molecule has 0 aliphatic carbocycles. The highest BCUT2D eigenvalue weighted by Gasteiger charge is 2.16. The number of carbonyl (C=O) groups excluding carboxylic acids is 1. The Morgan fingerprint density at radius 3 is 2.60 bits per heavy atom. The maximum absolute atomic E-state index is 12.5. The van der Waals surface area contributed by atoms with Gasteiger partial charge in [0, 0.05) is 12.1 Å². The van der Waals surface area contributed by atoms with Gasteiger partial charge in [-0.25, -0.2) is 0 Å². The zero-order valence-corrected chi connectivity index (χ0v) is 14.1. The number of benzene rings is 2. The third kappa shape index (κ3) is 3.19. The zero-order chi connectivity index (χ0) is 18.0. The number of amides is 1. The van der Waals surface area contributed by atoms with E-state index in [0.717, 1.165) is 5.56 Å². The van der Waals surface area contributed by atoms with Gasteiger partial charge in [0.05, 0.1) is 25.3 Å². The number of hydrogen-bond acceptors (Lipinski definition) is 5. The first-order valence-corrected chi connectivity index (χ1v) is 7.60. The fourth-order valence-corrected chi connectivity index (χ4v) is 2.53. The summed E-state index contributed by atoms with van der Waals surface area (Å²) in [7, 11) is 3.02. The molecule has 0 saturated heterocycles. The van der Waals surface area contributed by atoms with Gasteiger partial charge in [0.1, 0.15) is 17.1 Å². The molecule has 0 fully saturated rings. The number of aryl methyl sites for hydroxylation is 1. The second-order valence-corrected chi connectivity index (χ2v) is 5.45. The summed E-state index contributed by atoms with van der Waals surface area (Å²) in [4.78, 5) is 24.8. The Balaban J connectivity index is 2.01. The SMILES string of the molecule is COc1ccc(OC)c(NC(=O)c2cc(=O)c3cccc(C)c3o2)c1. The predicted octanol–water partition coefficient (Wildman–Crippen LogP) is 3.37. The molecular weight excluding hydrogens is 322 g/mol. The molecule has 0 saturated carbocycles. The number of para-hydroxylation sites is 1. The molecule has 0 spiro atoms. The molecule has 0 unspecified atom stereocenters. The second-order valence-electron chi connectivity index (χ2n) is 5.45. The fourth-order valence-electron chi connectivity index (χ4n) is 2.53. The van der Waals surface area contributed by atoms with Gasteiger partial charge in [0.2, 0.25) is 0 Å². The average Bonchev–Trinajstić information content (AvgIpc) is 2.62. The van der Waals surface area contributed by atoms with Crippen LogP contribution in [0.5, 0.6) is 11.5 Å². The van der Waals surface area contributed by atoms with Gasteiger partial charge in [-0.2, -0.15) is 0 Å². The van der Waals surface area contributed by atoms with Crippen LogP contribution < -0.4 is 20.2 Å². The predicted molar refractivity (Wildman–Crippen MR) is 94.7 cm³/mol. The Hall–Kier alpha value is -3.28. The van der Waals surface area contributed by atoms with Crippen molar-refractivity contribution in [1.82, 2.24) is 0 Å². The van der Waals surface area contributed by atoms with Crippen LogP contribution in [0.25, 0.3) is 11.0 Å². The van der Waals surface area contributed by atoms with E-state index >= 15 is 0 Å². The number of nitrogens with one attached hydrogen (secondary N) is 1. The number of ether oxygens (including phenoxy) is 2. The van der Waals surface area contributed by atoms with E-state index in [2.05, 4.69) is 5.32 Å². The lowest BCUT2D eigenvalue weighted by Gasteiger charge is -2.11. The minimum Gasteiger partial charge on any atom is -0.497 e. The van der Waals surface area contributed by atoms with Crippen LogP contribution in [0.4, 0.5) is 5.69 Å². The molecule has 0 bridgehead atoms. The molecular formula is C19H17NO5. The van der Waals surface area contributed by atoms with E-state index in [-0.39, 0.29) is 11.2 Å². The Kier molecular flexibility index (Phi) is 4.43. The lowest BCUT2D eigenvalue weighted by molar-refractivity contribution is 0.0997. The van der Waals surface area contributed by atoms with Crippen LogP contribution >= 0.6 is 0 Å². The van der Waals surface area contributed by atoms with E-state index in [1.807, 2.05) is 13.0 Å². The molecule has 1 N–H and O–H groups in total. The van der Waals surface area contributed by atoms with E-state index < -0.39 is 5.91 Å². The number of anilines is 1. The molecule has 0 atom stereocenters. The van der Waals surface area contributed by atoms with Gasteiger partial charge in [0.25, 0.3) is 5.91 Å². The Morgan fingerprint density at radius 1 is 1.08 bits per heavy atom. The Bertz CT molecular complexity index is 1010. The molecule has 1 aromatic heterocycles. The van der Waals surface area contributed by atoms with Crippen molar-refractivity contribution in [1.29, 1.82) is 0 Å². The maximum Gasteiger partial charge on any atom is 0.291 e. The lowest BCUT2D eigenvalue weighted by atomic mass is 10.1. The number of hydrogen-bond donors (Lipinski definition) is 1. The van der Waals surface area contributed by atoms with Crippen molar-refractivity contribution in [3.05, 3.63) is 64.0 Å². The summed E-state index contributed by atoms with van der Waals surface area (Å²) in [6.07, 6.45) is 0. The van der Waals surface area contributed by atoms with E-state index in [9.17, 15) is 9.59 Å². The molecule has 25 heavy (non-hydrogen) atoms. The summed E-state index contributed by atoms with van der Waals surface area (Å²) in [5.74, 6) is 0.408. The first kappa shape index (κ1) is 16.6. The van der Waals surface area contributed by atoms with E-state index in [1.54, 1.807) is 30.3 Å². The van der Waals surface area contributed by atoms with Crippen LogP contribution in [-0.4, -0.2) is 20.1 Å². The number of carbonyl (C=O) groups is 1. The Morgan fingerprint density at radius 2 is 1.88 bits per heavy atom. The summed E-state index contributed by atoms with van der Waals surface area (Å²) in [6.45, 7) is 1.82. The highest BCUT2D eigenvalue weighted by Crippen LogP contribution is 2.29. The van der Waals surface area contributed by atoms with Gasteiger partial charge < -0.3 is 19.2 Å². The summed E-state index contributed by atoms with van der Waals surface area (Å²) < 4.78 is 16.0. The molecule has 1 heterocycles. The van der Waals surface area contributed by atoms with Crippen molar-refractivity contribution >= 4 is 22.6 Å². The standard InChI is InChI=1S/C19H17NO5/c1-11-5-4-6-13-15(21)10-17(25-18(11)13)19(22)20-14-9-12(23-2)7-8-16(14)24-3/h4-10H,1-3H3,(H,20,22). The number of fused-ring (bicyclic) bond motifs is 1. The van der Waals surface area contributed by atoms with Gasteiger partial charge in [-0.3, -0.25) is 9.59 Å². The highest BCUT2D eigenvalue weighted by atomic mass is 16.5. The third-order valence-electron chi connectivity index (χ3n) is 3.83. The Labute approximate surface area is 144 Å². The summed E-state index contributed by atoms with van der Waals surface area (Å²) >= 11 is 0. The molecule has 0 radical (unpaired) electrons. The topological polar surface area (TPSA) is 77.8 Å². The maximum atomic E-state index is 12.5. The molecule has 128 valence electrons. The molecule has 0 aliphatic heterocycles. The van der Waals surface area contributed by atoms with E-state index in [4.69, 9.17) is 13.9 Å². The van der Waals surface area contributed by atoms with Gasteiger partial charge in [0.15, 0.2) is 11.2 Å². The first-order valence-electron chi connectivity index (χ1n) is 7.60. The third-order valence-corrected chi connectivity index (χ3v) is 3.83. The van der Waals surface area contributed by atoms with E-state index in [0.29, 0.717) is 28.2 Å². The summed E-state index contributed by atoms with van der Waals surface area (Å²) in [5, 5.41) is 3.13. The minimum atomic E-state index is -0.547.